The van der Waals surface area contributed by atoms with E-state index >= 15 is 0 Å². The number of carboxylic acid groups (broad SMARTS) is 3. The first-order valence-electron chi connectivity index (χ1n) is 32.5. The number of aromatic hydroxyl groups is 1. The van der Waals surface area contributed by atoms with E-state index < -0.39 is 71.5 Å². The van der Waals surface area contributed by atoms with Crippen LogP contribution in [0.4, 0.5) is 15.3 Å². The molecule has 8 amide bonds. The molecule has 0 saturated carbocycles. The molecule has 1 fully saturated rings. The van der Waals surface area contributed by atoms with Gasteiger partial charge in [0, 0.05) is 123 Å². The number of benzene rings is 3. The highest BCUT2D eigenvalue weighted by atomic mass is 16.6. The average Bonchev–Trinajstić information content (AvgIpc) is 1.62. The van der Waals surface area contributed by atoms with Gasteiger partial charge in [-0.25, -0.2) is 9.59 Å². The Morgan fingerprint density at radius 2 is 1.07 bits per heavy atom. The minimum absolute atomic E-state index is 0.0663. The molecule has 15 N–H and O–H groups in total. The van der Waals surface area contributed by atoms with Gasteiger partial charge in [0.25, 0.3) is 0 Å². The van der Waals surface area contributed by atoms with E-state index in [1.165, 1.54) is 12.1 Å². The Balaban J connectivity index is 1.18. The van der Waals surface area contributed by atoms with E-state index in [1.807, 2.05) is 58.3 Å². The lowest BCUT2D eigenvalue weighted by Crippen LogP contribution is -2.50. The largest absolute Gasteiger partial charge is 0.508 e. The molecule has 31 heteroatoms. The number of amides is 8. The summed E-state index contributed by atoms with van der Waals surface area (Å²) in [6.07, 6.45) is 1.50. The average molecular weight is 1340 g/mol. The van der Waals surface area contributed by atoms with Crippen molar-refractivity contribution in [2.45, 2.75) is 116 Å². The number of urea groups is 1. The fourth-order valence-electron chi connectivity index (χ4n) is 10.7. The number of rotatable bonds is 35. The summed E-state index contributed by atoms with van der Waals surface area (Å²) in [4.78, 5) is 141. The van der Waals surface area contributed by atoms with Crippen molar-refractivity contribution >= 4 is 71.2 Å². The van der Waals surface area contributed by atoms with Crippen LogP contribution in [0.25, 0.3) is 0 Å². The number of unbranched alkanes of at least 4 members (excludes halogenated alkanes) is 1. The van der Waals surface area contributed by atoms with Crippen molar-refractivity contribution in [1.82, 2.24) is 67.0 Å². The summed E-state index contributed by atoms with van der Waals surface area (Å²) in [7, 11) is 0. The zero-order valence-corrected chi connectivity index (χ0v) is 55.5. The minimum Gasteiger partial charge on any atom is -0.508 e. The second-order valence-corrected chi connectivity index (χ2v) is 24.6. The minimum atomic E-state index is -1.06. The Kier molecular flexibility index (Phi) is 33.1. The molecule has 0 aromatic heterocycles. The molecule has 96 heavy (non-hydrogen) atoms. The van der Waals surface area contributed by atoms with Gasteiger partial charge in [-0.3, -0.25) is 62.9 Å². The number of nitrogens with two attached hydrogens (primary N) is 1. The molecule has 3 aromatic rings. The predicted octanol–water partition coefficient (Wildman–Crippen LogP) is 0.744. The van der Waals surface area contributed by atoms with E-state index in [-0.39, 0.29) is 154 Å². The van der Waals surface area contributed by atoms with Crippen LogP contribution in [0.5, 0.6) is 5.75 Å². The van der Waals surface area contributed by atoms with Crippen LogP contribution < -0.4 is 53.6 Å². The molecule has 2 aliphatic heterocycles. The van der Waals surface area contributed by atoms with E-state index in [9.17, 15) is 68.4 Å². The summed E-state index contributed by atoms with van der Waals surface area (Å²) in [6, 6.07) is 18.1. The van der Waals surface area contributed by atoms with Gasteiger partial charge in [-0.05, 0) is 106 Å². The van der Waals surface area contributed by atoms with Gasteiger partial charge in [0.15, 0.2) is 5.96 Å². The van der Waals surface area contributed by atoms with Gasteiger partial charge in [-0.2, -0.15) is 4.99 Å². The third-order valence-electron chi connectivity index (χ3n) is 15.6. The number of phenols is 1. The van der Waals surface area contributed by atoms with Gasteiger partial charge in [0.1, 0.15) is 29.5 Å². The van der Waals surface area contributed by atoms with Crippen LogP contribution in [0.3, 0.4) is 0 Å². The number of aliphatic imine (C=N–C) groups is 1. The number of hydrogen-bond acceptors (Lipinski definition) is 18. The number of guanidine groups is 1. The third kappa shape index (κ3) is 30.5. The van der Waals surface area contributed by atoms with Crippen LogP contribution in [0.1, 0.15) is 101 Å². The van der Waals surface area contributed by atoms with Crippen LogP contribution in [0.15, 0.2) is 77.8 Å². The lowest BCUT2D eigenvalue weighted by molar-refractivity contribution is -0.140. The topological polar surface area (TPSA) is 424 Å². The Bertz CT molecular complexity index is 3020. The fourth-order valence-corrected chi connectivity index (χ4v) is 10.7. The van der Waals surface area contributed by atoms with Crippen molar-refractivity contribution in [2.24, 2.45) is 10.7 Å². The van der Waals surface area contributed by atoms with Crippen molar-refractivity contribution < 1.29 is 73.1 Å². The summed E-state index contributed by atoms with van der Waals surface area (Å²) in [5, 5.41) is 64.4. The number of anilines is 1. The van der Waals surface area contributed by atoms with E-state index in [0.29, 0.717) is 63.0 Å². The molecular formula is C65H98N16O15. The standard InChI is InChI=1S/C65H98N16O15/c1-5-53(83)69-27-28-72-63(94)76-62(66)71-24-11-18-51(60(92)73-38-45-19-21-50(82)22-20-45)74-61(93)58(81-39-47-13-6-7-14-48(47)40-81)46-15-10-16-49(37-46)67-25-12-26-70-59(91)52(75-64(95)96-65(2,3)4)17-8-9-23-68-54(84)41-77-29-31-78(42-55(85)86)33-35-80(44-57(89)90)36-34-79(32-30-77)43-56(87)88/h6-7,10,13-16,19-22,37,51-52,58,67,82H,5,8-9,11-12,17-18,23-36,38-44H2,1-4H3,(H,68,84)(H,69,83)(H,70,91)(H,73,92)(H,74,93)(H,75,95)(H,85,86)(H,87,88)(H,89,90)(H4,66,71,72,76,94)/t51-,52-,58+/m1/s1. The van der Waals surface area contributed by atoms with Crippen LogP contribution >= 0.6 is 0 Å². The van der Waals surface area contributed by atoms with Gasteiger partial charge in [-0.15, -0.1) is 0 Å². The van der Waals surface area contributed by atoms with Crippen LogP contribution in [-0.2, 0) is 62.7 Å². The molecule has 0 bridgehead atoms. The van der Waals surface area contributed by atoms with Gasteiger partial charge in [0.05, 0.1) is 26.2 Å². The number of nitrogens with zero attached hydrogens (tertiary/aromatic N) is 6. The first-order valence-corrected chi connectivity index (χ1v) is 32.5. The Morgan fingerprint density at radius 1 is 0.552 bits per heavy atom. The molecule has 5 rings (SSSR count). The second kappa shape index (κ2) is 40.9. The molecule has 1 saturated heterocycles. The van der Waals surface area contributed by atoms with Crippen molar-refractivity contribution in [1.29, 1.82) is 0 Å². The van der Waals surface area contributed by atoms with Gasteiger partial charge in [-0.1, -0.05) is 55.5 Å². The van der Waals surface area contributed by atoms with Crippen molar-refractivity contribution in [3.8, 4) is 5.75 Å². The number of carbonyl (C=O) groups is 10. The zero-order chi connectivity index (χ0) is 70.0. The Labute approximate surface area is 560 Å². The number of carboxylic acids is 3. The summed E-state index contributed by atoms with van der Waals surface area (Å²) in [6.45, 7) is 10.3. The highest BCUT2D eigenvalue weighted by Gasteiger charge is 2.35. The monoisotopic (exact) mass is 1340 g/mol. The number of fused-ring (bicyclic) bond motifs is 1. The number of hydrogen-bond donors (Lipinski definition) is 14. The van der Waals surface area contributed by atoms with E-state index in [0.717, 1.165) is 16.7 Å². The van der Waals surface area contributed by atoms with Crippen molar-refractivity contribution in [3.63, 3.8) is 0 Å². The van der Waals surface area contributed by atoms with Crippen LogP contribution in [-0.4, -0.2) is 246 Å². The first-order chi connectivity index (χ1) is 45.8. The van der Waals surface area contributed by atoms with Gasteiger partial charge in [0.2, 0.25) is 29.5 Å². The van der Waals surface area contributed by atoms with Crippen molar-refractivity contribution in [2.75, 3.05) is 123 Å². The Morgan fingerprint density at radius 3 is 1.65 bits per heavy atom. The van der Waals surface area contributed by atoms with Crippen LogP contribution in [0.2, 0.25) is 0 Å². The number of alkyl carbamates (subject to hydrolysis) is 1. The maximum Gasteiger partial charge on any atom is 0.408 e. The molecule has 31 nitrogen and oxygen atoms in total. The third-order valence-corrected chi connectivity index (χ3v) is 15.6. The molecule has 3 aromatic carbocycles. The fraction of sp³-hybridized carbons (Fsp3) is 0.554. The number of aliphatic carboxylic acids is 3. The predicted molar refractivity (Wildman–Crippen MR) is 357 cm³/mol. The molecule has 2 heterocycles. The van der Waals surface area contributed by atoms with Gasteiger partial charge < -0.3 is 78.7 Å². The van der Waals surface area contributed by atoms with Crippen LogP contribution in [0, 0.1) is 0 Å². The molecule has 0 aliphatic carbocycles. The molecule has 528 valence electrons. The summed E-state index contributed by atoms with van der Waals surface area (Å²) in [5.41, 5.74) is 9.31. The van der Waals surface area contributed by atoms with E-state index in [1.54, 1.807) is 54.5 Å². The molecule has 0 spiro atoms. The van der Waals surface area contributed by atoms with Crippen molar-refractivity contribution in [3.05, 3.63) is 95.1 Å². The highest BCUT2D eigenvalue weighted by Crippen LogP contribution is 2.33. The lowest BCUT2D eigenvalue weighted by atomic mass is 10.0. The second-order valence-electron chi connectivity index (χ2n) is 24.6. The molecular weight excluding hydrogens is 1240 g/mol. The highest BCUT2D eigenvalue weighted by molar-refractivity contribution is 5.92. The quantitative estimate of drug-likeness (QED) is 0.0219. The lowest BCUT2D eigenvalue weighted by Gasteiger charge is -2.32. The number of ether oxygens (including phenoxy) is 1. The smallest absolute Gasteiger partial charge is 0.408 e. The van der Waals surface area contributed by atoms with E-state index in [4.69, 9.17) is 10.5 Å². The summed E-state index contributed by atoms with van der Waals surface area (Å²) < 4.78 is 5.49. The maximum absolute atomic E-state index is 14.9. The first kappa shape index (κ1) is 77.5. The summed E-state index contributed by atoms with van der Waals surface area (Å²) >= 11 is 0. The SMILES string of the molecule is CCC(=O)NCCNC(=O)/N=C(/N)NCCC[C@@H](NC(=O)[C@H](c1cccc(NCCCNC(=O)[C@@H](CCCCNC(=O)CN2CCN(CC(=O)O)CCN(CC(=O)O)CCN(CC(=O)O)CC2)NC(=O)OC(C)(C)C)c1)N1Cc2ccccc2C1)C(=O)NCc1ccc(O)cc1. The molecule has 3 atom stereocenters. The number of nitrogens with one attached hydrogen (secondary N) is 9. The van der Waals surface area contributed by atoms with E-state index in [2.05, 4.69) is 52.8 Å². The Hall–Kier alpha value is -9.17. The summed E-state index contributed by atoms with van der Waals surface area (Å²) in [5.74, 6) is -5.09. The zero-order valence-electron chi connectivity index (χ0n) is 55.5. The van der Waals surface area contributed by atoms with Gasteiger partial charge >= 0.3 is 30.0 Å². The number of carbonyl (C=O) groups excluding carboxylic acids is 7. The molecule has 0 radical (unpaired) electrons. The molecule has 2 aliphatic rings. The number of phenolic OH excluding ortho intramolecular Hbond substituents is 1. The normalized spacial score (nSPS) is 15.6. The maximum atomic E-state index is 14.9. The molecule has 0 unspecified atom stereocenters.